The zero-order chi connectivity index (χ0) is 21.1. The molecule has 160 valence electrons. The number of furan rings is 1. The molecule has 4 rings (SSSR count). The molecular formula is C21H24N2O6S. The van der Waals surface area contributed by atoms with Gasteiger partial charge in [0.05, 0.1) is 30.6 Å². The van der Waals surface area contributed by atoms with E-state index in [2.05, 4.69) is 10.0 Å². The lowest BCUT2D eigenvalue weighted by Gasteiger charge is -2.24. The number of nitrogens with one attached hydrogen (secondary N) is 2. The van der Waals surface area contributed by atoms with Crippen molar-refractivity contribution in [3.8, 4) is 11.5 Å². The summed E-state index contributed by atoms with van der Waals surface area (Å²) in [5.74, 6) is 0.757. The highest BCUT2D eigenvalue weighted by atomic mass is 32.2. The topological polar surface area (TPSA) is 110 Å². The van der Waals surface area contributed by atoms with Gasteiger partial charge in [-0.15, -0.1) is 0 Å². The van der Waals surface area contributed by atoms with E-state index in [1.165, 1.54) is 19.4 Å². The zero-order valence-electron chi connectivity index (χ0n) is 16.6. The van der Waals surface area contributed by atoms with E-state index in [0.29, 0.717) is 28.0 Å². The number of piperidine rings is 1. The molecule has 30 heavy (non-hydrogen) atoms. The summed E-state index contributed by atoms with van der Waals surface area (Å²) in [6, 6.07) is 9.54. The maximum Gasteiger partial charge on any atom is 0.262 e. The Morgan fingerprint density at radius 1 is 1.17 bits per heavy atom. The van der Waals surface area contributed by atoms with Crippen LogP contribution in [0.5, 0.6) is 11.5 Å². The van der Waals surface area contributed by atoms with Crippen LogP contribution in [0.25, 0.3) is 11.0 Å². The van der Waals surface area contributed by atoms with E-state index < -0.39 is 10.0 Å². The molecule has 3 aromatic rings. The van der Waals surface area contributed by atoms with Gasteiger partial charge >= 0.3 is 0 Å². The van der Waals surface area contributed by atoms with Gasteiger partial charge in [-0.3, -0.25) is 4.72 Å². The first kappa shape index (κ1) is 20.5. The molecule has 3 N–H and O–H groups in total. The summed E-state index contributed by atoms with van der Waals surface area (Å²) in [6.45, 7) is 1.49. The predicted molar refractivity (Wildman–Crippen MR) is 112 cm³/mol. The molecular weight excluding hydrogens is 408 g/mol. The third-order valence-electron chi connectivity index (χ3n) is 5.07. The molecule has 0 saturated carbocycles. The Morgan fingerprint density at radius 3 is 2.70 bits per heavy atom. The number of aliphatic hydroxyl groups excluding tert-OH is 1. The van der Waals surface area contributed by atoms with Gasteiger partial charge in [-0.1, -0.05) is 6.07 Å². The minimum Gasteiger partial charge on any atom is -0.495 e. The Hall–Kier alpha value is -2.75. The predicted octanol–water partition coefficient (Wildman–Crippen LogP) is 2.87. The van der Waals surface area contributed by atoms with Crippen LogP contribution in [0.2, 0.25) is 0 Å². The quantitative estimate of drug-likeness (QED) is 0.527. The number of hydrogen-bond donors (Lipinski definition) is 3. The lowest BCUT2D eigenvalue weighted by atomic mass is 10.1. The first-order valence-electron chi connectivity index (χ1n) is 9.69. The second-order valence-electron chi connectivity index (χ2n) is 7.13. The molecule has 2 heterocycles. The van der Waals surface area contributed by atoms with E-state index in [-0.39, 0.29) is 23.3 Å². The molecule has 0 radical (unpaired) electrons. The molecule has 0 amide bonds. The summed E-state index contributed by atoms with van der Waals surface area (Å²) in [7, 11) is -2.50. The number of benzene rings is 2. The number of fused-ring (bicyclic) bond motifs is 1. The Balaban J connectivity index is 1.69. The molecule has 0 atom stereocenters. The van der Waals surface area contributed by atoms with Crippen LogP contribution in [0.4, 0.5) is 5.69 Å². The fraction of sp³-hybridized carbons (Fsp3) is 0.333. The normalized spacial score (nSPS) is 15.3. The second-order valence-corrected chi connectivity index (χ2v) is 8.81. The van der Waals surface area contributed by atoms with Crippen molar-refractivity contribution < 1.29 is 27.4 Å². The van der Waals surface area contributed by atoms with E-state index in [4.69, 9.17) is 13.9 Å². The van der Waals surface area contributed by atoms with Crippen LogP contribution in [0, 0.1) is 0 Å². The first-order valence-corrected chi connectivity index (χ1v) is 11.2. The molecule has 1 aliphatic heterocycles. The highest BCUT2D eigenvalue weighted by Gasteiger charge is 2.23. The lowest BCUT2D eigenvalue weighted by Crippen LogP contribution is -2.34. The van der Waals surface area contributed by atoms with Crippen LogP contribution < -0.4 is 19.5 Å². The van der Waals surface area contributed by atoms with Gasteiger partial charge in [0, 0.05) is 11.5 Å². The summed E-state index contributed by atoms with van der Waals surface area (Å²) >= 11 is 0. The van der Waals surface area contributed by atoms with Gasteiger partial charge < -0.3 is 24.3 Å². The van der Waals surface area contributed by atoms with E-state index in [9.17, 15) is 13.5 Å². The first-order chi connectivity index (χ1) is 14.5. The van der Waals surface area contributed by atoms with E-state index in [1.807, 2.05) is 0 Å². The van der Waals surface area contributed by atoms with Crippen molar-refractivity contribution in [3.63, 3.8) is 0 Å². The SMILES string of the molecule is COc1ccc(CO)cc1NS(=O)(=O)c1cc(OC2CCNCC2)c2occc2c1. The van der Waals surface area contributed by atoms with Gasteiger partial charge in [0.2, 0.25) is 0 Å². The molecule has 1 fully saturated rings. The Kier molecular flexibility index (Phi) is 5.85. The van der Waals surface area contributed by atoms with Gasteiger partial charge in [0.15, 0.2) is 11.3 Å². The highest BCUT2D eigenvalue weighted by Crippen LogP contribution is 2.34. The van der Waals surface area contributed by atoms with Crippen molar-refractivity contribution in [2.75, 3.05) is 24.9 Å². The minimum absolute atomic E-state index is 0.00760. The van der Waals surface area contributed by atoms with Crippen LogP contribution in [-0.4, -0.2) is 39.8 Å². The Bertz CT molecular complexity index is 1140. The Labute approximate surface area is 174 Å². The number of hydrogen-bond acceptors (Lipinski definition) is 7. The Morgan fingerprint density at radius 2 is 1.97 bits per heavy atom. The number of ether oxygens (including phenoxy) is 2. The molecule has 0 bridgehead atoms. The van der Waals surface area contributed by atoms with Gasteiger partial charge in [0.25, 0.3) is 10.0 Å². The zero-order valence-corrected chi connectivity index (χ0v) is 17.4. The van der Waals surface area contributed by atoms with Gasteiger partial charge in [-0.2, -0.15) is 0 Å². The summed E-state index contributed by atoms with van der Waals surface area (Å²) in [6.07, 6.45) is 3.18. The molecule has 0 spiro atoms. The van der Waals surface area contributed by atoms with Crippen molar-refractivity contribution in [1.82, 2.24) is 5.32 Å². The number of aliphatic hydroxyl groups is 1. The molecule has 0 unspecified atom stereocenters. The van der Waals surface area contributed by atoms with Crippen molar-refractivity contribution in [1.29, 1.82) is 0 Å². The number of methoxy groups -OCH3 is 1. The average molecular weight is 432 g/mol. The van der Waals surface area contributed by atoms with Crippen LogP contribution in [0.3, 0.4) is 0 Å². The third kappa shape index (κ3) is 4.23. The summed E-state index contributed by atoms with van der Waals surface area (Å²) in [5, 5.41) is 13.3. The van der Waals surface area contributed by atoms with Crippen molar-refractivity contribution >= 4 is 26.7 Å². The molecule has 0 aliphatic carbocycles. The second kappa shape index (κ2) is 8.55. The largest absolute Gasteiger partial charge is 0.495 e. The summed E-state index contributed by atoms with van der Waals surface area (Å²) in [4.78, 5) is 0.0526. The van der Waals surface area contributed by atoms with E-state index in [0.717, 1.165) is 25.9 Å². The minimum atomic E-state index is -3.95. The lowest BCUT2D eigenvalue weighted by molar-refractivity contribution is 0.162. The third-order valence-corrected chi connectivity index (χ3v) is 6.42. The number of anilines is 1. The van der Waals surface area contributed by atoms with Gasteiger partial charge in [0.1, 0.15) is 11.9 Å². The molecule has 2 aromatic carbocycles. The number of rotatable bonds is 7. The highest BCUT2D eigenvalue weighted by molar-refractivity contribution is 7.92. The molecule has 1 saturated heterocycles. The van der Waals surface area contributed by atoms with E-state index in [1.54, 1.807) is 30.3 Å². The molecule has 9 heteroatoms. The average Bonchev–Trinajstić information content (AvgIpc) is 3.23. The summed E-state index contributed by atoms with van der Waals surface area (Å²) in [5.41, 5.74) is 1.33. The molecule has 8 nitrogen and oxygen atoms in total. The fourth-order valence-electron chi connectivity index (χ4n) is 3.50. The van der Waals surface area contributed by atoms with Crippen LogP contribution >= 0.6 is 0 Å². The summed E-state index contributed by atoms with van der Waals surface area (Å²) < 4.78 is 45.8. The number of sulfonamides is 1. The van der Waals surface area contributed by atoms with Crippen LogP contribution in [-0.2, 0) is 16.6 Å². The van der Waals surface area contributed by atoms with Gasteiger partial charge in [-0.05, 0) is 55.8 Å². The fourth-order valence-corrected chi connectivity index (χ4v) is 4.61. The van der Waals surface area contributed by atoms with Crippen molar-refractivity contribution in [2.45, 2.75) is 30.4 Å². The molecule has 1 aliphatic rings. The monoisotopic (exact) mass is 432 g/mol. The maximum atomic E-state index is 13.2. The van der Waals surface area contributed by atoms with Gasteiger partial charge in [-0.25, -0.2) is 8.42 Å². The van der Waals surface area contributed by atoms with Crippen LogP contribution in [0.1, 0.15) is 18.4 Å². The standard InChI is InChI=1S/C21H24N2O6S/c1-27-19-3-2-14(13-24)10-18(19)23-30(25,26)17-11-15-6-9-28-21(15)20(12-17)29-16-4-7-22-8-5-16/h2-3,6,9-12,16,22-24H,4-5,7-8,13H2,1H3. The van der Waals surface area contributed by atoms with Crippen LogP contribution in [0.15, 0.2) is 52.0 Å². The molecule has 1 aromatic heterocycles. The van der Waals surface area contributed by atoms with Crippen molar-refractivity contribution in [2.24, 2.45) is 0 Å². The van der Waals surface area contributed by atoms with E-state index >= 15 is 0 Å². The smallest absolute Gasteiger partial charge is 0.262 e. The maximum absolute atomic E-state index is 13.2. The van der Waals surface area contributed by atoms with Crippen molar-refractivity contribution in [3.05, 3.63) is 48.2 Å².